The molecule has 0 aromatic carbocycles. The van der Waals surface area contributed by atoms with Crippen molar-refractivity contribution in [3.8, 4) is 0 Å². The molecule has 1 saturated heterocycles. The average Bonchev–Trinajstić information content (AvgIpc) is 2.17. The van der Waals surface area contributed by atoms with Crippen molar-refractivity contribution in [1.82, 2.24) is 0 Å². The summed E-state index contributed by atoms with van der Waals surface area (Å²) in [7, 11) is 0. The van der Waals surface area contributed by atoms with Crippen molar-refractivity contribution in [3.63, 3.8) is 0 Å². The topological polar surface area (TPSA) is 44.5 Å². The quantitative estimate of drug-likeness (QED) is 0.787. The third-order valence-electron chi connectivity index (χ3n) is 2.45. The zero-order chi connectivity index (χ0) is 11.3. The smallest absolute Gasteiger partial charge is 0.381 e. The number of hydrogen-bond acceptors (Lipinski definition) is 3. The van der Waals surface area contributed by atoms with Crippen LogP contribution in [0.25, 0.3) is 0 Å². The van der Waals surface area contributed by atoms with Crippen LogP contribution >= 0.6 is 0 Å². The monoisotopic (exact) mass is 227 g/mol. The van der Waals surface area contributed by atoms with Crippen molar-refractivity contribution in [3.05, 3.63) is 0 Å². The molecule has 0 aromatic rings. The predicted octanol–water partition coefficient (Wildman–Crippen LogP) is 1.32. The number of rotatable bonds is 4. The van der Waals surface area contributed by atoms with Crippen LogP contribution in [0.1, 0.15) is 12.8 Å². The van der Waals surface area contributed by atoms with Crippen LogP contribution in [0.2, 0.25) is 0 Å². The molecule has 1 fully saturated rings. The molecule has 1 aliphatic rings. The molecule has 1 rings (SSSR count). The van der Waals surface area contributed by atoms with Gasteiger partial charge in [0, 0.05) is 19.3 Å². The first-order valence-corrected chi connectivity index (χ1v) is 4.97. The van der Waals surface area contributed by atoms with Crippen LogP contribution in [0.3, 0.4) is 0 Å². The van der Waals surface area contributed by atoms with Crippen LogP contribution in [0.5, 0.6) is 0 Å². The third kappa shape index (κ3) is 5.34. The highest BCUT2D eigenvalue weighted by atomic mass is 19.4. The molecule has 1 heterocycles. The van der Waals surface area contributed by atoms with E-state index < -0.39 is 12.8 Å². The first kappa shape index (κ1) is 12.7. The van der Waals surface area contributed by atoms with Gasteiger partial charge >= 0.3 is 6.18 Å². The van der Waals surface area contributed by atoms with Crippen molar-refractivity contribution in [1.29, 1.82) is 0 Å². The zero-order valence-corrected chi connectivity index (χ0v) is 8.43. The van der Waals surface area contributed by atoms with E-state index in [1.807, 2.05) is 0 Å². The molecule has 15 heavy (non-hydrogen) atoms. The first-order valence-electron chi connectivity index (χ1n) is 4.97. The van der Waals surface area contributed by atoms with Gasteiger partial charge in [0.1, 0.15) is 6.61 Å². The summed E-state index contributed by atoms with van der Waals surface area (Å²) in [4.78, 5) is 0. The Morgan fingerprint density at radius 2 is 1.93 bits per heavy atom. The number of ether oxygens (including phenoxy) is 2. The standard InChI is InChI=1S/C9H16F3NO2/c10-9(11,12)6-15-5-8(13)7-1-3-14-4-2-7/h7-8H,1-6,13H2. The average molecular weight is 227 g/mol. The van der Waals surface area contributed by atoms with E-state index in [1.54, 1.807) is 0 Å². The Kier molecular flexibility index (Phi) is 4.82. The fraction of sp³-hybridized carbons (Fsp3) is 1.00. The molecule has 90 valence electrons. The predicted molar refractivity (Wildman–Crippen MR) is 48.4 cm³/mol. The Balaban J connectivity index is 2.14. The summed E-state index contributed by atoms with van der Waals surface area (Å²) in [6.07, 6.45) is -2.66. The lowest BCUT2D eigenvalue weighted by atomic mass is 9.93. The van der Waals surface area contributed by atoms with Gasteiger partial charge in [0.05, 0.1) is 6.61 Å². The summed E-state index contributed by atoms with van der Waals surface area (Å²) in [6, 6.07) is -0.323. The number of halogens is 3. The van der Waals surface area contributed by atoms with Gasteiger partial charge in [-0.05, 0) is 18.8 Å². The van der Waals surface area contributed by atoms with E-state index in [1.165, 1.54) is 0 Å². The van der Waals surface area contributed by atoms with Crippen LogP contribution in [-0.2, 0) is 9.47 Å². The Morgan fingerprint density at radius 3 is 2.47 bits per heavy atom. The van der Waals surface area contributed by atoms with Gasteiger partial charge in [-0.1, -0.05) is 0 Å². The molecule has 3 nitrogen and oxygen atoms in total. The minimum absolute atomic E-state index is 0.0375. The van der Waals surface area contributed by atoms with E-state index in [-0.39, 0.29) is 18.6 Å². The summed E-state index contributed by atoms with van der Waals surface area (Å²) in [6.45, 7) is 0.0172. The summed E-state index contributed by atoms with van der Waals surface area (Å²) >= 11 is 0. The SMILES string of the molecule is NC(COCC(F)(F)F)C1CCOCC1. The normalized spacial score (nSPS) is 21.6. The van der Waals surface area contributed by atoms with Crippen LogP contribution < -0.4 is 5.73 Å². The van der Waals surface area contributed by atoms with Gasteiger partial charge in [-0.3, -0.25) is 0 Å². The Bertz CT molecular complexity index is 181. The van der Waals surface area contributed by atoms with Crippen molar-refractivity contribution < 1.29 is 22.6 Å². The van der Waals surface area contributed by atoms with Gasteiger partial charge in [-0.15, -0.1) is 0 Å². The van der Waals surface area contributed by atoms with E-state index in [9.17, 15) is 13.2 Å². The van der Waals surface area contributed by atoms with E-state index in [0.29, 0.717) is 13.2 Å². The van der Waals surface area contributed by atoms with Gasteiger partial charge in [-0.25, -0.2) is 0 Å². The maximum atomic E-state index is 11.8. The fourth-order valence-electron chi connectivity index (χ4n) is 1.59. The third-order valence-corrected chi connectivity index (χ3v) is 2.45. The molecular formula is C9H16F3NO2. The molecule has 0 spiro atoms. The van der Waals surface area contributed by atoms with Crippen molar-refractivity contribution in [2.45, 2.75) is 25.1 Å². The summed E-state index contributed by atoms with van der Waals surface area (Å²) in [5.74, 6) is 0.215. The second kappa shape index (κ2) is 5.67. The number of nitrogens with two attached hydrogens (primary N) is 1. The van der Waals surface area contributed by atoms with Crippen molar-refractivity contribution >= 4 is 0 Å². The molecule has 0 bridgehead atoms. The highest BCUT2D eigenvalue weighted by Crippen LogP contribution is 2.19. The lowest BCUT2D eigenvalue weighted by molar-refractivity contribution is -0.175. The molecular weight excluding hydrogens is 211 g/mol. The molecule has 0 aliphatic carbocycles. The lowest BCUT2D eigenvalue weighted by Gasteiger charge is -2.27. The molecule has 0 saturated carbocycles. The van der Waals surface area contributed by atoms with E-state index in [4.69, 9.17) is 10.5 Å². The lowest BCUT2D eigenvalue weighted by Crippen LogP contribution is -2.38. The molecule has 0 aromatic heterocycles. The van der Waals surface area contributed by atoms with Gasteiger partial charge in [0.2, 0.25) is 0 Å². The van der Waals surface area contributed by atoms with Gasteiger partial charge < -0.3 is 15.2 Å². The van der Waals surface area contributed by atoms with Crippen molar-refractivity contribution in [2.24, 2.45) is 11.7 Å². The largest absolute Gasteiger partial charge is 0.411 e. The summed E-state index contributed by atoms with van der Waals surface area (Å²) < 4.78 is 44.9. The molecule has 0 amide bonds. The highest BCUT2D eigenvalue weighted by molar-refractivity contribution is 4.75. The Labute approximate surface area is 86.7 Å². The maximum absolute atomic E-state index is 11.8. The van der Waals surface area contributed by atoms with Gasteiger partial charge in [-0.2, -0.15) is 13.2 Å². The minimum atomic E-state index is -4.27. The molecule has 1 aliphatic heterocycles. The first-order chi connectivity index (χ1) is 6.99. The van der Waals surface area contributed by atoms with Crippen molar-refractivity contribution in [2.75, 3.05) is 26.4 Å². The van der Waals surface area contributed by atoms with Gasteiger partial charge in [0.15, 0.2) is 0 Å². The minimum Gasteiger partial charge on any atom is -0.381 e. The van der Waals surface area contributed by atoms with Crippen LogP contribution in [0.4, 0.5) is 13.2 Å². The molecule has 2 N–H and O–H groups in total. The fourth-order valence-corrected chi connectivity index (χ4v) is 1.59. The summed E-state index contributed by atoms with van der Waals surface area (Å²) in [5, 5.41) is 0. The Hall–Kier alpha value is -0.330. The van der Waals surface area contributed by atoms with Crippen LogP contribution in [0.15, 0.2) is 0 Å². The zero-order valence-electron chi connectivity index (χ0n) is 8.43. The maximum Gasteiger partial charge on any atom is 0.411 e. The van der Waals surface area contributed by atoms with Crippen LogP contribution in [0, 0.1) is 5.92 Å². The highest BCUT2D eigenvalue weighted by Gasteiger charge is 2.28. The number of hydrogen-bond donors (Lipinski definition) is 1. The van der Waals surface area contributed by atoms with Gasteiger partial charge in [0.25, 0.3) is 0 Å². The molecule has 1 unspecified atom stereocenters. The second-order valence-corrected chi connectivity index (χ2v) is 3.74. The Morgan fingerprint density at radius 1 is 1.33 bits per heavy atom. The van der Waals surface area contributed by atoms with E-state index in [2.05, 4.69) is 4.74 Å². The van der Waals surface area contributed by atoms with E-state index >= 15 is 0 Å². The van der Waals surface area contributed by atoms with Crippen LogP contribution in [-0.4, -0.2) is 38.6 Å². The summed E-state index contributed by atoms with van der Waals surface area (Å²) in [5.41, 5.74) is 5.73. The van der Waals surface area contributed by atoms with E-state index in [0.717, 1.165) is 12.8 Å². The molecule has 1 atom stereocenters. The molecule has 0 radical (unpaired) electrons. The number of alkyl halides is 3. The second-order valence-electron chi connectivity index (χ2n) is 3.74. The molecule has 6 heteroatoms.